The van der Waals surface area contributed by atoms with Crippen molar-refractivity contribution >= 4 is 7.82 Å². The van der Waals surface area contributed by atoms with Crippen molar-refractivity contribution in [3.8, 4) is 0 Å². The van der Waals surface area contributed by atoms with E-state index in [0.717, 1.165) is 0 Å². The van der Waals surface area contributed by atoms with Crippen molar-refractivity contribution in [1.82, 2.24) is 0 Å². The van der Waals surface area contributed by atoms with Crippen LogP contribution in [-0.2, 0) is 14.0 Å². The van der Waals surface area contributed by atoms with Crippen LogP contribution in [0, 0.1) is 0 Å². The molecule has 0 aromatic carbocycles. The fraction of sp³-hybridized carbons (Fsp3) is 0. The summed E-state index contributed by atoms with van der Waals surface area (Å²) >= 11 is 0. The van der Waals surface area contributed by atoms with Gasteiger partial charge in [-0.1, -0.05) is 0 Å². The van der Waals surface area contributed by atoms with E-state index < -0.39 is 7.82 Å². The predicted octanol–water partition coefficient (Wildman–Crippen LogP) is -2.74. The van der Waals surface area contributed by atoms with E-state index in [1.165, 1.54) is 0 Å². The number of hydrogen-bond acceptors (Lipinski definition) is 4. The van der Waals surface area contributed by atoms with Crippen LogP contribution >= 0.6 is 7.82 Å². The minimum Gasteiger partial charge on any atom is -0.752 e. The Labute approximate surface area is 65.5 Å². The number of hydrogen-bond donors (Lipinski definition) is 0. The molecular formula is F2NaO4P. The van der Waals surface area contributed by atoms with Crippen LogP contribution in [0.2, 0.25) is 0 Å². The Morgan fingerprint density at radius 2 is 1.62 bits per heavy atom. The van der Waals surface area contributed by atoms with E-state index >= 15 is 0 Å². The quantitative estimate of drug-likeness (QED) is 0.321. The fourth-order valence-corrected chi connectivity index (χ4v) is 0.0319. The summed E-state index contributed by atoms with van der Waals surface area (Å²) in [5.41, 5.74) is 0. The van der Waals surface area contributed by atoms with E-state index in [-0.39, 0.29) is 29.6 Å². The molecule has 8 heavy (non-hydrogen) atoms. The first-order valence-electron chi connectivity index (χ1n) is 1.04. The number of halogens is 2. The van der Waals surface area contributed by atoms with Crippen LogP contribution in [0.15, 0.2) is 0 Å². The minimum absolute atomic E-state index is 0. The predicted molar refractivity (Wildman–Crippen MR) is 12.0 cm³/mol. The van der Waals surface area contributed by atoms with Gasteiger partial charge >= 0.3 is 37.4 Å². The SMILES string of the molecule is O=P([O-])(OF)OF.[Na+]. The topological polar surface area (TPSA) is 58.6 Å². The smallest absolute Gasteiger partial charge is 0.752 e. The summed E-state index contributed by atoms with van der Waals surface area (Å²) in [5, 5.41) is 0. The van der Waals surface area contributed by atoms with Gasteiger partial charge in [-0.2, -0.15) is 0 Å². The molecule has 0 N–H and O–H groups in total. The van der Waals surface area contributed by atoms with Crippen molar-refractivity contribution in [3.05, 3.63) is 0 Å². The molecule has 0 bridgehead atoms. The maximum Gasteiger partial charge on any atom is 1.00 e. The number of rotatable bonds is 2. The molecule has 0 saturated carbocycles. The normalized spacial score (nSPS) is 10.4. The second kappa shape index (κ2) is 4.81. The van der Waals surface area contributed by atoms with Crippen LogP contribution in [0.1, 0.15) is 0 Å². The van der Waals surface area contributed by atoms with Crippen LogP contribution in [-0.4, -0.2) is 0 Å². The number of phosphoric acid groups is 1. The van der Waals surface area contributed by atoms with Gasteiger partial charge in [-0.25, -0.2) is 0 Å². The monoisotopic (exact) mass is 156 g/mol. The Hall–Kier alpha value is 0.970. The van der Waals surface area contributed by atoms with Gasteiger partial charge in [-0.15, -0.1) is 9.46 Å². The second-order valence-electron chi connectivity index (χ2n) is 0.585. The van der Waals surface area contributed by atoms with E-state index in [0.29, 0.717) is 0 Å². The molecule has 0 radical (unpaired) electrons. The molecule has 8 heteroatoms. The summed E-state index contributed by atoms with van der Waals surface area (Å²) in [4.78, 5) is 9.20. The largest absolute Gasteiger partial charge is 1.00 e. The molecule has 0 atom stereocenters. The standard InChI is InChI=1S/F2HO4P.Na/c1-5-7(3,4)6-2;/h(H,3,4);/q;+1/p-1. The average Bonchev–Trinajstić information content (AvgIpc) is 1.68. The molecule has 0 fully saturated rings. The first kappa shape index (κ1) is 11.7. The minimum atomic E-state index is -5.24. The third-order valence-corrected chi connectivity index (χ3v) is 0.507. The molecule has 44 valence electrons. The van der Waals surface area contributed by atoms with Crippen molar-refractivity contribution in [1.29, 1.82) is 0 Å². The molecule has 0 aromatic rings. The zero-order valence-electron chi connectivity index (χ0n) is 3.84. The van der Waals surface area contributed by atoms with E-state index in [9.17, 15) is 18.5 Å². The van der Waals surface area contributed by atoms with E-state index in [4.69, 9.17) is 0 Å². The van der Waals surface area contributed by atoms with Crippen molar-refractivity contribution in [2.75, 3.05) is 0 Å². The van der Waals surface area contributed by atoms with Gasteiger partial charge < -0.3 is 4.89 Å². The molecule has 0 heterocycles. The van der Waals surface area contributed by atoms with Crippen LogP contribution in [0.5, 0.6) is 0 Å². The molecule has 0 spiro atoms. The molecule has 0 aromatic heterocycles. The molecular weight excluding hydrogens is 156 g/mol. The molecule has 0 aliphatic rings. The van der Waals surface area contributed by atoms with Crippen LogP contribution in [0.3, 0.4) is 0 Å². The first-order chi connectivity index (χ1) is 3.12. The maximum absolute atomic E-state index is 10.3. The van der Waals surface area contributed by atoms with Gasteiger partial charge in [0.15, 0.2) is 0 Å². The van der Waals surface area contributed by atoms with Gasteiger partial charge in [0.05, 0.1) is 0 Å². The van der Waals surface area contributed by atoms with Gasteiger partial charge in [0, 0.05) is 0 Å². The van der Waals surface area contributed by atoms with Crippen LogP contribution in [0.4, 0.5) is 9.05 Å². The van der Waals surface area contributed by atoms with E-state index in [1.54, 1.807) is 0 Å². The van der Waals surface area contributed by atoms with Crippen LogP contribution in [0.25, 0.3) is 0 Å². The van der Waals surface area contributed by atoms with Gasteiger partial charge in [-0.05, 0) is 9.05 Å². The Bertz CT molecular complexity index is 86.0. The van der Waals surface area contributed by atoms with Crippen molar-refractivity contribution < 1.29 is 57.5 Å². The summed E-state index contributed by atoms with van der Waals surface area (Å²) < 4.78 is 33.8. The van der Waals surface area contributed by atoms with Gasteiger partial charge in [0.2, 0.25) is 0 Å². The summed E-state index contributed by atoms with van der Waals surface area (Å²) in [6.07, 6.45) is 0. The zero-order chi connectivity index (χ0) is 5.91. The molecule has 0 aliphatic carbocycles. The summed E-state index contributed by atoms with van der Waals surface area (Å²) in [6.45, 7) is 0. The molecule has 4 nitrogen and oxygen atoms in total. The molecule has 0 rings (SSSR count). The molecule has 0 saturated heterocycles. The maximum atomic E-state index is 10.3. The molecule has 0 unspecified atom stereocenters. The Morgan fingerprint density at radius 3 is 1.62 bits per heavy atom. The van der Waals surface area contributed by atoms with Crippen LogP contribution < -0.4 is 34.5 Å². The Balaban J connectivity index is 0. The first-order valence-corrected chi connectivity index (χ1v) is 2.50. The van der Waals surface area contributed by atoms with Crippen molar-refractivity contribution in [2.45, 2.75) is 0 Å². The Kier molecular flexibility index (Phi) is 7.05. The van der Waals surface area contributed by atoms with Crippen molar-refractivity contribution in [2.24, 2.45) is 0 Å². The molecule has 0 aliphatic heterocycles. The fourth-order valence-electron chi connectivity index (χ4n) is 0.0106. The van der Waals surface area contributed by atoms with E-state index in [1.807, 2.05) is 9.46 Å². The summed E-state index contributed by atoms with van der Waals surface area (Å²) in [6, 6.07) is 0. The summed E-state index contributed by atoms with van der Waals surface area (Å²) in [7, 11) is -5.24. The average molecular weight is 156 g/mol. The van der Waals surface area contributed by atoms with Gasteiger partial charge in [-0.3, -0.25) is 4.57 Å². The van der Waals surface area contributed by atoms with Gasteiger partial charge in [0.1, 0.15) is 0 Å². The van der Waals surface area contributed by atoms with Crippen molar-refractivity contribution in [3.63, 3.8) is 0 Å². The van der Waals surface area contributed by atoms with Gasteiger partial charge in [0.25, 0.3) is 0 Å². The molecule has 0 amide bonds. The zero-order valence-corrected chi connectivity index (χ0v) is 6.73. The second-order valence-corrected chi connectivity index (χ2v) is 1.76. The third-order valence-electron chi connectivity index (χ3n) is 0.169. The summed E-state index contributed by atoms with van der Waals surface area (Å²) in [5.74, 6) is 0. The third kappa shape index (κ3) is 5.11. The Morgan fingerprint density at radius 1 is 1.38 bits per heavy atom. The van der Waals surface area contributed by atoms with E-state index in [2.05, 4.69) is 0 Å².